The smallest absolute Gasteiger partial charge is 0.273 e. The summed E-state index contributed by atoms with van der Waals surface area (Å²) in [5, 5.41) is 7.79. The standard InChI is InChI=1S/C20H23FN4O3S/c1-12(2)17(24-18(27)13-5-3-4-6-14(13)21)19-23-15(11-29-19)20(28)25-9-7-16(26)22-8-10-25/h3-6,11-12,17H,7-10H2,1-2H3,(H,22,26)(H,24,27)/t17-/m0/s1. The van der Waals surface area contributed by atoms with Gasteiger partial charge in [0.2, 0.25) is 5.91 Å². The van der Waals surface area contributed by atoms with Crippen molar-refractivity contribution in [2.45, 2.75) is 26.3 Å². The van der Waals surface area contributed by atoms with Gasteiger partial charge in [0.15, 0.2) is 0 Å². The Kier molecular flexibility index (Phi) is 6.58. The van der Waals surface area contributed by atoms with E-state index in [-0.39, 0.29) is 35.4 Å². The van der Waals surface area contributed by atoms with Gasteiger partial charge in [-0.05, 0) is 18.1 Å². The number of carbonyl (C=O) groups is 3. The summed E-state index contributed by atoms with van der Waals surface area (Å²) in [6.45, 7) is 5.02. The molecule has 0 unspecified atom stereocenters. The molecule has 0 saturated carbocycles. The van der Waals surface area contributed by atoms with Crippen LogP contribution in [0.15, 0.2) is 29.6 Å². The fourth-order valence-corrected chi connectivity index (χ4v) is 4.05. The summed E-state index contributed by atoms with van der Waals surface area (Å²) in [6.07, 6.45) is 0.260. The number of benzene rings is 1. The monoisotopic (exact) mass is 418 g/mol. The number of nitrogens with zero attached hydrogens (tertiary/aromatic N) is 2. The van der Waals surface area contributed by atoms with Crippen molar-refractivity contribution in [2.24, 2.45) is 5.92 Å². The van der Waals surface area contributed by atoms with Crippen molar-refractivity contribution in [3.63, 3.8) is 0 Å². The minimum absolute atomic E-state index is 0.0140. The molecule has 3 amide bonds. The number of aromatic nitrogens is 1. The maximum absolute atomic E-state index is 13.9. The van der Waals surface area contributed by atoms with E-state index in [0.717, 1.165) is 0 Å². The van der Waals surface area contributed by atoms with Crippen LogP contribution in [0.5, 0.6) is 0 Å². The number of nitrogens with one attached hydrogen (secondary N) is 2. The number of carbonyl (C=O) groups excluding carboxylic acids is 3. The Hall–Kier alpha value is -2.81. The lowest BCUT2D eigenvalue weighted by molar-refractivity contribution is -0.120. The molecule has 0 aliphatic carbocycles. The fraction of sp³-hybridized carbons (Fsp3) is 0.400. The maximum Gasteiger partial charge on any atom is 0.273 e. The lowest BCUT2D eigenvalue weighted by atomic mass is 10.0. The molecule has 1 atom stereocenters. The average Bonchev–Trinajstić information content (AvgIpc) is 3.07. The zero-order valence-electron chi connectivity index (χ0n) is 16.3. The van der Waals surface area contributed by atoms with Gasteiger partial charge in [-0.3, -0.25) is 14.4 Å². The van der Waals surface area contributed by atoms with Gasteiger partial charge in [0.05, 0.1) is 11.6 Å². The maximum atomic E-state index is 13.9. The van der Waals surface area contributed by atoms with Crippen molar-refractivity contribution in [1.29, 1.82) is 0 Å². The van der Waals surface area contributed by atoms with Crippen LogP contribution in [0.1, 0.15) is 52.2 Å². The van der Waals surface area contributed by atoms with Gasteiger partial charge in [0.25, 0.3) is 11.8 Å². The van der Waals surface area contributed by atoms with E-state index in [4.69, 9.17) is 0 Å². The third-order valence-corrected chi connectivity index (χ3v) is 5.61. The summed E-state index contributed by atoms with van der Waals surface area (Å²) in [5.41, 5.74) is 0.248. The molecule has 29 heavy (non-hydrogen) atoms. The number of halogens is 1. The van der Waals surface area contributed by atoms with E-state index in [2.05, 4.69) is 15.6 Å². The molecule has 1 aromatic heterocycles. The van der Waals surface area contributed by atoms with Crippen molar-refractivity contribution in [1.82, 2.24) is 20.5 Å². The highest BCUT2D eigenvalue weighted by Crippen LogP contribution is 2.26. The minimum Gasteiger partial charge on any atom is -0.354 e. The van der Waals surface area contributed by atoms with Crippen LogP contribution in [-0.4, -0.2) is 47.2 Å². The van der Waals surface area contributed by atoms with Crippen molar-refractivity contribution in [3.05, 3.63) is 51.7 Å². The van der Waals surface area contributed by atoms with Gasteiger partial charge in [0.1, 0.15) is 16.5 Å². The first kappa shape index (κ1) is 20.9. The van der Waals surface area contributed by atoms with E-state index in [1.807, 2.05) is 13.8 Å². The average molecular weight is 418 g/mol. The molecule has 1 aliphatic heterocycles. The van der Waals surface area contributed by atoms with Crippen LogP contribution in [0.3, 0.4) is 0 Å². The van der Waals surface area contributed by atoms with E-state index in [1.165, 1.54) is 29.5 Å². The Morgan fingerprint density at radius 2 is 2.03 bits per heavy atom. The molecule has 2 aromatic rings. The molecule has 1 fully saturated rings. The SMILES string of the molecule is CC(C)[C@H](NC(=O)c1ccccc1F)c1nc(C(=O)N2CCNC(=O)CC2)cs1. The van der Waals surface area contributed by atoms with Gasteiger partial charge in [-0.2, -0.15) is 0 Å². The molecule has 154 valence electrons. The van der Waals surface area contributed by atoms with E-state index >= 15 is 0 Å². The first-order valence-electron chi connectivity index (χ1n) is 9.43. The molecule has 9 heteroatoms. The first-order valence-corrected chi connectivity index (χ1v) is 10.3. The van der Waals surface area contributed by atoms with E-state index < -0.39 is 17.8 Å². The van der Waals surface area contributed by atoms with Crippen LogP contribution in [0.4, 0.5) is 4.39 Å². The van der Waals surface area contributed by atoms with E-state index in [9.17, 15) is 18.8 Å². The van der Waals surface area contributed by atoms with Crippen LogP contribution in [0.25, 0.3) is 0 Å². The molecule has 0 radical (unpaired) electrons. The Labute approximate surface area is 172 Å². The summed E-state index contributed by atoms with van der Waals surface area (Å²) < 4.78 is 13.9. The van der Waals surface area contributed by atoms with Crippen LogP contribution in [0.2, 0.25) is 0 Å². The second kappa shape index (κ2) is 9.13. The fourth-order valence-electron chi connectivity index (χ4n) is 3.04. The lowest BCUT2D eigenvalue weighted by Gasteiger charge is -2.21. The van der Waals surface area contributed by atoms with Gasteiger partial charge < -0.3 is 15.5 Å². The van der Waals surface area contributed by atoms with Crippen LogP contribution in [0, 0.1) is 11.7 Å². The number of hydrogen-bond acceptors (Lipinski definition) is 5. The van der Waals surface area contributed by atoms with Crippen molar-refractivity contribution >= 4 is 29.1 Å². The van der Waals surface area contributed by atoms with Gasteiger partial charge in [-0.1, -0.05) is 26.0 Å². The van der Waals surface area contributed by atoms with Crippen LogP contribution >= 0.6 is 11.3 Å². The summed E-state index contributed by atoms with van der Waals surface area (Å²) in [5.74, 6) is -1.45. The zero-order valence-corrected chi connectivity index (χ0v) is 17.1. The summed E-state index contributed by atoms with van der Waals surface area (Å²) in [7, 11) is 0. The number of hydrogen-bond donors (Lipinski definition) is 2. The van der Waals surface area contributed by atoms with Crippen molar-refractivity contribution in [3.8, 4) is 0 Å². The highest BCUT2D eigenvalue weighted by molar-refractivity contribution is 7.09. The highest BCUT2D eigenvalue weighted by atomic mass is 32.1. The number of rotatable bonds is 5. The molecule has 3 rings (SSSR count). The second-order valence-electron chi connectivity index (χ2n) is 7.14. The Morgan fingerprint density at radius 1 is 1.28 bits per heavy atom. The third kappa shape index (κ3) is 4.97. The Balaban J connectivity index is 1.75. The number of thiazole rings is 1. The molecular weight excluding hydrogens is 395 g/mol. The van der Waals surface area contributed by atoms with Crippen molar-refractivity contribution in [2.75, 3.05) is 19.6 Å². The molecule has 1 saturated heterocycles. The summed E-state index contributed by atoms with van der Waals surface area (Å²) in [4.78, 5) is 42.8. The van der Waals surface area contributed by atoms with Gasteiger partial charge in [-0.25, -0.2) is 9.37 Å². The largest absolute Gasteiger partial charge is 0.354 e. The minimum atomic E-state index is -0.591. The Bertz CT molecular complexity index is 915. The first-order chi connectivity index (χ1) is 13.9. The second-order valence-corrected chi connectivity index (χ2v) is 8.03. The predicted octanol–water partition coefficient (Wildman–Crippen LogP) is 2.37. The molecular formula is C20H23FN4O3S. The highest BCUT2D eigenvalue weighted by Gasteiger charge is 2.26. The van der Waals surface area contributed by atoms with Gasteiger partial charge in [0, 0.05) is 31.4 Å². The van der Waals surface area contributed by atoms with Gasteiger partial charge >= 0.3 is 0 Å². The quantitative estimate of drug-likeness (QED) is 0.780. The zero-order chi connectivity index (χ0) is 21.0. The van der Waals surface area contributed by atoms with Crippen molar-refractivity contribution < 1.29 is 18.8 Å². The normalized spacial score (nSPS) is 15.6. The molecule has 2 heterocycles. The molecule has 0 bridgehead atoms. The molecule has 1 aromatic carbocycles. The Morgan fingerprint density at radius 3 is 2.76 bits per heavy atom. The van der Waals surface area contributed by atoms with E-state index in [0.29, 0.717) is 24.6 Å². The number of amides is 3. The third-order valence-electron chi connectivity index (χ3n) is 4.68. The lowest BCUT2D eigenvalue weighted by Crippen LogP contribution is -2.35. The molecule has 2 N–H and O–H groups in total. The van der Waals surface area contributed by atoms with Crippen LogP contribution < -0.4 is 10.6 Å². The molecule has 0 spiro atoms. The topological polar surface area (TPSA) is 91.4 Å². The predicted molar refractivity (Wildman–Crippen MR) is 107 cm³/mol. The van der Waals surface area contributed by atoms with E-state index in [1.54, 1.807) is 16.3 Å². The summed E-state index contributed by atoms with van der Waals surface area (Å²) >= 11 is 1.28. The summed E-state index contributed by atoms with van der Waals surface area (Å²) in [6, 6.07) is 5.33. The van der Waals surface area contributed by atoms with Gasteiger partial charge in [-0.15, -0.1) is 11.3 Å². The van der Waals surface area contributed by atoms with Crippen LogP contribution in [-0.2, 0) is 4.79 Å². The molecule has 7 nitrogen and oxygen atoms in total. The molecule has 1 aliphatic rings.